The van der Waals surface area contributed by atoms with E-state index >= 15 is 0 Å². The number of ether oxygens (including phenoxy) is 2. The lowest BCUT2D eigenvalue weighted by Crippen LogP contribution is -2.53. The predicted molar refractivity (Wildman–Crippen MR) is 245 cm³/mol. The number of aryl methyl sites for hydroxylation is 1. The maximum absolute atomic E-state index is 14.7. The smallest absolute Gasteiger partial charge is 0.257 e. The van der Waals surface area contributed by atoms with Gasteiger partial charge in [-0.1, -0.05) is 51.1 Å². The van der Waals surface area contributed by atoms with Crippen molar-refractivity contribution in [1.29, 1.82) is 0 Å². The molecule has 350 valence electrons. The van der Waals surface area contributed by atoms with E-state index in [1.165, 1.54) is 26.1 Å². The highest BCUT2D eigenvalue weighted by molar-refractivity contribution is 6.02. The zero-order valence-corrected chi connectivity index (χ0v) is 37.7. The van der Waals surface area contributed by atoms with E-state index in [1.807, 2.05) is 24.3 Å². The van der Waals surface area contributed by atoms with Crippen molar-refractivity contribution in [3.8, 4) is 39.8 Å². The summed E-state index contributed by atoms with van der Waals surface area (Å²) in [6.45, 7) is 8.69. The van der Waals surface area contributed by atoms with Gasteiger partial charge in [0.25, 0.3) is 5.91 Å². The number of aromatic nitrogens is 2. The van der Waals surface area contributed by atoms with Crippen LogP contribution in [0.2, 0.25) is 0 Å². The molecule has 4 aromatic rings. The standard InChI is InChI=1S/C46H62N10O9/c1-24-37(40(50)55-41(52-24)27-8-10-29(11-9-27)46(3,4)5)43(61)54-34(13-15-47)45(63)56(6)38-28-18-33(39(59)36(19-28)65-23-31(58)21-49)32-17-26(7-12-35(32)64-22-30(57)20-48)14-16-51-42(60)25(2)53-44(38)62/h7-12,17-19,25,30-31,34,38,57-59H,13-16,20-23,47-49H2,1-6H3,(H,51,60)(H,53,62)(H,54,61)(H2,50,52,55)/t25-,30+,31+,34-,38-/m0/s1. The number of phenolic OH excluding ortho intramolecular Hbond substituents is 1. The van der Waals surface area contributed by atoms with Gasteiger partial charge in [-0.25, -0.2) is 9.97 Å². The number of rotatable bonds is 15. The minimum absolute atomic E-state index is 0.0584. The number of hydrogen-bond acceptors (Lipinski definition) is 15. The topological polar surface area (TPSA) is 317 Å². The number of nitrogen functional groups attached to an aromatic ring is 1. The highest BCUT2D eigenvalue weighted by Gasteiger charge is 2.36. The number of carbonyl (C=O) groups excluding carboxylic acids is 4. The number of hydrogen-bond donors (Lipinski definition) is 10. The van der Waals surface area contributed by atoms with E-state index in [2.05, 4.69) is 46.7 Å². The number of likely N-dealkylation sites (N-methyl/N-ethyl adjacent to an activating group) is 1. The molecule has 14 N–H and O–H groups in total. The Hall–Kier alpha value is -6.38. The Morgan fingerprint density at radius 3 is 2.17 bits per heavy atom. The Morgan fingerprint density at radius 2 is 1.57 bits per heavy atom. The third kappa shape index (κ3) is 12.1. The molecule has 1 aliphatic rings. The van der Waals surface area contributed by atoms with E-state index in [0.29, 0.717) is 23.4 Å². The number of phenols is 1. The normalized spacial score (nSPS) is 16.8. The van der Waals surface area contributed by atoms with E-state index in [4.69, 9.17) is 32.4 Å². The lowest BCUT2D eigenvalue weighted by atomic mass is 9.86. The lowest BCUT2D eigenvalue weighted by Gasteiger charge is -2.32. The number of fused-ring (bicyclic) bond motifs is 5. The lowest BCUT2D eigenvalue weighted by molar-refractivity contribution is -0.141. The van der Waals surface area contributed by atoms with Gasteiger partial charge >= 0.3 is 0 Å². The van der Waals surface area contributed by atoms with Crippen LogP contribution in [-0.4, -0.2) is 125 Å². The Morgan fingerprint density at radius 1 is 0.923 bits per heavy atom. The molecule has 4 amide bonds. The summed E-state index contributed by atoms with van der Waals surface area (Å²) in [5, 5.41) is 40.7. The second-order valence-corrected chi connectivity index (χ2v) is 17.1. The maximum atomic E-state index is 14.7. The Labute approximate surface area is 378 Å². The first-order chi connectivity index (χ1) is 30.8. The van der Waals surface area contributed by atoms with Crippen LogP contribution in [0.25, 0.3) is 22.5 Å². The van der Waals surface area contributed by atoms with Gasteiger partial charge in [-0.2, -0.15) is 0 Å². The number of aliphatic hydroxyl groups is 2. The summed E-state index contributed by atoms with van der Waals surface area (Å²) in [6.07, 6.45) is -1.89. The molecule has 4 bridgehead atoms. The molecule has 3 aromatic carbocycles. The number of anilines is 1. The first-order valence-electron chi connectivity index (χ1n) is 21.4. The van der Waals surface area contributed by atoms with Gasteiger partial charge in [-0.05, 0) is 79.6 Å². The molecule has 19 nitrogen and oxygen atoms in total. The van der Waals surface area contributed by atoms with Crippen molar-refractivity contribution in [1.82, 2.24) is 30.8 Å². The van der Waals surface area contributed by atoms with Crippen LogP contribution >= 0.6 is 0 Å². The zero-order chi connectivity index (χ0) is 47.7. The van der Waals surface area contributed by atoms with Crippen LogP contribution in [0, 0.1) is 6.92 Å². The van der Waals surface area contributed by atoms with Crippen LogP contribution in [0.3, 0.4) is 0 Å². The Kier molecular flexibility index (Phi) is 16.4. The van der Waals surface area contributed by atoms with Crippen molar-refractivity contribution < 1.29 is 44.0 Å². The molecule has 2 heterocycles. The molecule has 0 radical (unpaired) electrons. The van der Waals surface area contributed by atoms with E-state index in [1.54, 1.807) is 25.1 Å². The number of amides is 4. The number of nitrogens with two attached hydrogens (primary N) is 4. The summed E-state index contributed by atoms with van der Waals surface area (Å²) in [5.74, 6) is -3.02. The second-order valence-electron chi connectivity index (χ2n) is 17.1. The van der Waals surface area contributed by atoms with E-state index in [9.17, 15) is 34.5 Å². The molecule has 1 aromatic heterocycles. The molecule has 0 unspecified atom stereocenters. The summed E-state index contributed by atoms with van der Waals surface area (Å²) < 4.78 is 11.9. The molecule has 19 heteroatoms. The van der Waals surface area contributed by atoms with Gasteiger partial charge in [0.2, 0.25) is 17.7 Å². The van der Waals surface area contributed by atoms with Gasteiger partial charge in [-0.3, -0.25) is 19.2 Å². The molecule has 5 atom stereocenters. The van der Waals surface area contributed by atoms with Crippen molar-refractivity contribution >= 4 is 29.4 Å². The SMILES string of the molecule is Cc1nc(-c2ccc(C(C)(C)C)cc2)nc(N)c1C(=O)N[C@@H](CCN)C(=O)N(C)[C@@H]1C(=O)N[C@@H](C)C(=O)NCCc2ccc(OC[C@H](O)CN)c(c2)-c2cc1cc(OC[C@H](O)CN)c2O. The molecule has 0 saturated heterocycles. The summed E-state index contributed by atoms with van der Waals surface area (Å²) in [4.78, 5) is 66.6. The molecule has 0 fully saturated rings. The van der Waals surface area contributed by atoms with Crippen molar-refractivity contribution in [2.75, 3.05) is 52.2 Å². The number of aromatic hydroxyl groups is 1. The Balaban J connectivity index is 1.59. The van der Waals surface area contributed by atoms with Gasteiger partial charge < -0.3 is 68.6 Å². The third-order valence-electron chi connectivity index (χ3n) is 11.0. The maximum Gasteiger partial charge on any atom is 0.257 e. The summed E-state index contributed by atoms with van der Waals surface area (Å²) in [7, 11) is 1.34. The number of nitrogens with zero attached hydrogens (tertiary/aromatic N) is 3. The molecule has 0 spiro atoms. The van der Waals surface area contributed by atoms with E-state index < -0.39 is 59.7 Å². The van der Waals surface area contributed by atoms with Gasteiger partial charge in [0, 0.05) is 43.4 Å². The van der Waals surface area contributed by atoms with E-state index in [0.717, 1.165) is 16.0 Å². The molecule has 1 aliphatic heterocycles. The molecule has 5 rings (SSSR count). The number of benzene rings is 3. The number of nitrogens with one attached hydrogen (secondary N) is 3. The molecular weight excluding hydrogens is 837 g/mol. The van der Waals surface area contributed by atoms with Gasteiger partial charge in [0.1, 0.15) is 60.7 Å². The van der Waals surface area contributed by atoms with Crippen LogP contribution in [-0.2, 0) is 26.2 Å². The first-order valence-corrected chi connectivity index (χ1v) is 21.4. The van der Waals surface area contributed by atoms with Crippen LogP contribution < -0.4 is 48.4 Å². The van der Waals surface area contributed by atoms with Gasteiger partial charge in [-0.15, -0.1) is 0 Å². The Bertz CT molecular complexity index is 2330. The molecule has 0 saturated carbocycles. The number of carbonyl (C=O) groups is 4. The first kappa shape index (κ1) is 49.6. The van der Waals surface area contributed by atoms with Crippen LogP contribution in [0.5, 0.6) is 17.2 Å². The third-order valence-corrected chi connectivity index (χ3v) is 11.0. The van der Waals surface area contributed by atoms with Crippen molar-refractivity contribution in [2.24, 2.45) is 17.2 Å². The quantitative estimate of drug-likeness (QED) is 0.0794. The fourth-order valence-corrected chi connectivity index (χ4v) is 7.22. The zero-order valence-electron chi connectivity index (χ0n) is 37.7. The summed E-state index contributed by atoms with van der Waals surface area (Å²) in [6, 6.07) is 11.7. The van der Waals surface area contributed by atoms with E-state index in [-0.39, 0.29) is 90.9 Å². The highest BCUT2D eigenvalue weighted by atomic mass is 16.5. The molecule has 0 aliphatic carbocycles. The number of aliphatic hydroxyl groups excluding tert-OH is 2. The van der Waals surface area contributed by atoms with Gasteiger partial charge in [0.15, 0.2) is 17.3 Å². The van der Waals surface area contributed by atoms with Crippen molar-refractivity contribution in [3.63, 3.8) is 0 Å². The fraction of sp³-hybridized carbons (Fsp3) is 0.435. The predicted octanol–water partition coefficient (Wildman–Crippen LogP) is 0.925. The van der Waals surface area contributed by atoms with Crippen LogP contribution in [0.1, 0.15) is 72.9 Å². The fourth-order valence-electron chi connectivity index (χ4n) is 7.22. The second kappa shape index (κ2) is 21.5. The monoisotopic (exact) mass is 898 g/mol. The largest absolute Gasteiger partial charge is 0.504 e. The minimum atomic E-state index is -1.55. The molecule has 65 heavy (non-hydrogen) atoms. The summed E-state index contributed by atoms with van der Waals surface area (Å²) >= 11 is 0. The van der Waals surface area contributed by atoms with Crippen molar-refractivity contribution in [2.45, 2.75) is 83.2 Å². The average molecular weight is 899 g/mol. The van der Waals surface area contributed by atoms with Crippen molar-refractivity contribution in [3.05, 3.63) is 82.5 Å². The molecular formula is C46H62N10O9. The van der Waals surface area contributed by atoms with Gasteiger partial charge in [0.05, 0.1) is 5.69 Å². The summed E-state index contributed by atoms with van der Waals surface area (Å²) in [5.41, 5.74) is 26.8. The van der Waals surface area contributed by atoms with Crippen LogP contribution in [0.15, 0.2) is 54.6 Å². The minimum Gasteiger partial charge on any atom is -0.504 e. The average Bonchev–Trinajstić information content (AvgIpc) is 3.26. The van der Waals surface area contributed by atoms with Crippen LogP contribution in [0.4, 0.5) is 5.82 Å². The highest BCUT2D eigenvalue weighted by Crippen LogP contribution is 2.45.